The fourth-order valence-electron chi connectivity index (χ4n) is 4.96. The van der Waals surface area contributed by atoms with Crippen LogP contribution in [0, 0.1) is 17.5 Å². The SMILES string of the molecule is CO.CSc1c(Oc2ccc(F)c(/C(N)=C/C=NC3(C)CCOc4c(CCC=O)cccc43)c2)c(F)c(F)c2[nH]ccc12. The summed E-state index contributed by atoms with van der Waals surface area (Å²) in [6.07, 6.45) is 8.72. The first-order valence-electron chi connectivity index (χ1n) is 13.4. The number of fused-ring (bicyclic) bond motifs is 2. The highest BCUT2D eigenvalue weighted by Gasteiger charge is 2.33. The number of nitrogens with zero attached hydrogens (tertiary/aromatic N) is 1. The number of aromatic nitrogens is 1. The number of nitrogens with one attached hydrogen (secondary N) is 1. The summed E-state index contributed by atoms with van der Waals surface area (Å²) in [5.41, 5.74) is 7.61. The van der Waals surface area contributed by atoms with E-state index in [0.29, 0.717) is 36.2 Å². The number of hydrogen-bond acceptors (Lipinski definition) is 7. The molecule has 0 saturated heterocycles. The quantitative estimate of drug-likeness (QED) is 0.108. The van der Waals surface area contributed by atoms with E-state index in [2.05, 4.69) is 4.98 Å². The van der Waals surface area contributed by atoms with Gasteiger partial charge in [0.2, 0.25) is 5.82 Å². The number of aliphatic imine (C=N–C) groups is 1. The Labute approximate surface area is 251 Å². The van der Waals surface area contributed by atoms with Crippen LogP contribution in [0.5, 0.6) is 17.2 Å². The zero-order valence-corrected chi connectivity index (χ0v) is 24.7. The number of aryl methyl sites for hydroxylation is 1. The number of carbonyl (C=O) groups excluding carboxylic acids is 1. The van der Waals surface area contributed by atoms with Crippen LogP contribution in [0.4, 0.5) is 13.2 Å². The molecule has 0 fully saturated rings. The molecule has 1 aromatic heterocycles. The lowest BCUT2D eigenvalue weighted by molar-refractivity contribution is -0.107. The van der Waals surface area contributed by atoms with Gasteiger partial charge in [-0.25, -0.2) is 8.78 Å². The van der Waals surface area contributed by atoms with E-state index >= 15 is 0 Å². The number of ether oxygens (including phenoxy) is 2. The Morgan fingerprint density at radius 3 is 2.74 bits per heavy atom. The number of allylic oxidation sites excluding steroid dienone is 1. The van der Waals surface area contributed by atoms with Crippen LogP contribution >= 0.6 is 11.8 Å². The van der Waals surface area contributed by atoms with E-state index in [1.807, 2.05) is 25.1 Å². The molecule has 4 N–H and O–H groups in total. The van der Waals surface area contributed by atoms with Gasteiger partial charge in [-0.05, 0) is 55.5 Å². The van der Waals surface area contributed by atoms with E-state index in [1.54, 1.807) is 12.3 Å². The van der Waals surface area contributed by atoms with Crippen LogP contribution in [0.2, 0.25) is 0 Å². The number of hydrogen-bond donors (Lipinski definition) is 3. The minimum atomic E-state index is -1.15. The summed E-state index contributed by atoms with van der Waals surface area (Å²) in [6.45, 7) is 2.43. The lowest BCUT2D eigenvalue weighted by Gasteiger charge is -2.33. The van der Waals surface area contributed by atoms with Crippen molar-refractivity contribution in [3.63, 3.8) is 0 Å². The second kappa shape index (κ2) is 13.8. The fraction of sp³-hybridized carbons (Fsp3) is 0.250. The number of para-hydroxylation sites is 1. The average Bonchev–Trinajstić information content (AvgIpc) is 3.51. The van der Waals surface area contributed by atoms with Crippen LogP contribution in [0.15, 0.2) is 64.6 Å². The normalized spacial score (nSPS) is 16.4. The van der Waals surface area contributed by atoms with Crippen LogP contribution in [-0.2, 0) is 16.8 Å². The van der Waals surface area contributed by atoms with E-state index in [1.165, 1.54) is 42.4 Å². The number of H-pyrrole nitrogens is 1. The van der Waals surface area contributed by atoms with E-state index in [0.717, 1.165) is 36.3 Å². The number of aliphatic hydroxyl groups is 1. The first-order valence-corrected chi connectivity index (χ1v) is 14.6. The molecule has 0 radical (unpaired) electrons. The molecule has 0 spiro atoms. The van der Waals surface area contributed by atoms with Gasteiger partial charge in [0.05, 0.1) is 22.6 Å². The molecule has 1 aliphatic heterocycles. The summed E-state index contributed by atoms with van der Waals surface area (Å²) in [7, 11) is 1.00. The molecule has 0 amide bonds. The summed E-state index contributed by atoms with van der Waals surface area (Å²) >= 11 is 1.21. The molecule has 1 unspecified atom stereocenters. The first-order chi connectivity index (χ1) is 20.8. The standard InChI is InChI=1S/C31H28F3N3O3S.CH4O/c1-31(12-16-39-28-18(6-4-15-38)5-3-7-22(28)31)37-14-11-24(35)21-17-19(8-9-23(21)32)40-29-26(34)25(33)27-20(10-13-36-27)30(29)41-2;1-2/h3,5,7-11,13-15,17,36H,4,6,12,16,35H2,1-2H3;2H,1H3/b24-11-,37-14?;. The molecule has 11 heteroatoms. The Kier molecular flexibility index (Phi) is 10.2. The number of nitrogens with two attached hydrogens (primary N) is 1. The Bertz CT molecular complexity index is 1690. The summed E-state index contributed by atoms with van der Waals surface area (Å²) in [4.78, 5) is 18.7. The molecule has 4 aromatic rings. The van der Waals surface area contributed by atoms with Gasteiger partial charge in [0.1, 0.15) is 23.6 Å². The number of halogens is 3. The van der Waals surface area contributed by atoms with Gasteiger partial charge in [-0.15, -0.1) is 11.8 Å². The maximum atomic E-state index is 15.0. The molecule has 1 aliphatic rings. The summed E-state index contributed by atoms with van der Waals surface area (Å²) < 4.78 is 56.1. The number of aromatic amines is 1. The molecule has 226 valence electrons. The van der Waals surface area contributed by atoms with Gasteiger partial charge in [-0.1, -0.05) is 18.2 Å². The van der Waals surface area contributed by atoms with Crippen molar-refractivity contribution in [1.82, 2.24) is 4.98 Å². The Hall–Kier alpha value is -4.22. The topological polar surface area (TPSA) is 110 Å². The van der Waals surface area contributed by atoms with Crippen molar-refractivity contribution in [2.45, 2.75) is 36.6 Å². The number of rotatable bonds is 9. The van der Waals surface area contributed by atoms with Gasteiger partial charge in [0.15, 0.2) is 11.6 Å². The molecule has 0 saturated carbocycles. The lowest BCUT2D eigenvalue weighted by Crippen LogP contribution is -2.28. The molecule has 0 aliphatic carbocycles. The van der Waals surface area contributed by atoms with E-state index in [-0.39, 0.29) is 28.3 Å². The highest BCUT2D eigenvalue weighted by Crippen LogP contribution is 2.43. The third-order valence-corrected chi connectivity index (χ3v) is 7.95. The monoisotopic (exact) mass is 611 g/mol. The Morgan fingerprint density at radius 2 is 2.00 bits per heavy atom. The van der Waals surface area contributed by atoms with Gasteiger partial charge in [-0.3, -0.25) is 4.99 Å². The molecule has 1 atom stereocenters. The minimum Gasteiger partial charge on any atom is -0.493 e. The second-order valence-electron chi connectivity index (χ2n) is 9.77. The minimum absolute atomic E-state index is 0.0249. The van der Waals surface area contributed by atoms with Crippen LogP contribution in [0.25, 0.3) is 16.6 Å². The van der Waals surface area contributed by atoms with Gasteiger partial charge in [0.25, 0.3) is 0 Å². The number of carbonyl (C=O) groups is 1. The third kappa shape index (κ3) is 6.42. The maximum absolute atomic E-state index is 15.0. The zero-order chi connectivity index (χ0) is 31.1. The van der Waals surface area contributed by atoms with Crippen molar-refractivity contribution in [3.8, 4) is 17.2 Å². The summed E-state index contributed by atoms with van der Waals surface area (Å²) in [5, 5.41) is 7.48. The van der Waals surface area contributed by atoms with Crippen molar-refractivity contribution in [2.75, 3.05) is 20.0 Å². The third-order valence-electron chi connectivity index (χ3n) is 7.14. The van der Waals surface area contributed by atoms with Crippen LogP contribution < -0.4 is 15.2 Å². The van der Waals surface area contributed by atoms with E-state index < -0.39 is 23.0 Å². The zero-order valence-electron chi connectivity index (χ0n) is 23.9. The molecule has 5 rings (SSSR count). The predicted octanol–water partition coefficient (Wildman–Crippen LogP) is 6.91. The van der Waals surface area contributed by atoms with Crippen LogP contribution in [0.1, 0.15) is 36.5 Å². The van der Waals surface area contributed by atoms with Gasteiger partial charge >= 0.3 is 0 Å². The largest absolute Gasteiger partial charge is 0.493 e. The highest BCUT2D eigenvalue weighted by molar-refractivity contribution is 7.99. The molecule has 2 heterocycles. The van der Waals surface area contributed by atoms with Crippen molar-refractivity contribution >= 4 is 40.9 Å². The van der Waals surface area contributed by atoms with Crippen molar-refractivity contribution in [3.05, 3.63) is 88.9 Å². The van der Waals surface area contributed by atoms with Crippen LogP contribution in [-0.4, -0.2) is 42.6 Å². The van der Waals surface area contributed by atoms with Crippen molar-refractivity contribution in [2.24, 2.45) is 10.7 Å². The molecular formula is C32H32F3N3O4S. The molecular weight excluding hydrogens is 579 g/mol. The Morgan fingerprint density at radius 1 is 1.21 bits per heavy atom. The number of benzene rings is 3. The number of thioether (sulfide) groups is 1. The second-order valence-corrected chi connectivity index (χ2v) is 10.6. The predicted molar refractivity (Wildman–Crippen MR) is 164 cm³/mol. The maximum Gasteiger partial charge on any atom is 0.204 e. The van der Waals surface area contributed by atoms with Crippen LogP contribution in [0.3, 0.4) is 0 Å². The van der Waals surface area contributed by atoms with E-state index in [9.17, 15) is 18.0 Å². The van der Waals surface area contributed by atoms with Gasteiger partial charge in [-0.2, -0.15) is 4.39 Å². The van der Waals surface area contributed by atoms with Crippen molar-refractivity contribution < 1.29 is 32.5 Å². The molecule has 3 aromatic carbocycles. The van der Waals surface area contributed by atoms with Crippen molar-refractivity contribution in [1.29, 1.82) is 0 Å². The van der Waals surface area contributed by atoms with Gasteiger partial charge in [0, 0.05) is 54.6 Å². The summed E-state index contributed by atoms with van der Waals surface area (Å²) in [5.74, 6) is -2.28. The molecule has 7 nitrogen and oxygen atoms in total. The summed E-state index contributed by atoms with van der Waals surface area (Å²) in [6, 6.07) is 11.2. The van der Waals surface area contributed by atoms with E-state index in [4.69, 9.17) is 25.3 Å². The average molecular weight is 612 g/mol. The smallest absolute Gasteiger partial charge is 0.204 e. The van der Waals surface area contributed by atoms with Gasteiger partial charge < -0.3 is 30.1 Å². The molecule has 43 heavy (non-hydrogen) atoms. The lowest BCUT2D eigenvalue weighted by atomic mass is 9.85. The highest BCUT2D eigenvalue weighted by atomic mass is 32.2. The Balaban J connectivity index is 0.00000207. The first kappa shape index (κ1) is 31.7. The fourth-order valence-corrected chi connectivity index (χ4v) is 5.66. The number of aldehydes is 1. The molecule has 0 bridgehead atoms. The number of aliphatic hydroxyl groups excluding tert-OH is 1.